The van der Waals surface area contributed by atoms with Crippen LogP contribution >= 0.6 is 0 Å². The minimum absolute atomic E-state index is 0.299. The van der Waals surface area contributed by atoms with Crippen LogP contribution in [0.1, 0.15) is 59.8 Å². The van der Waals surface area contributed by atoms with E-state index in [-0.39, 0.29) is 0 Å². The van der Waals surface area contributed by atoms with Crippen molar-refractivity contribution in [1.82, 2.24) is 0 Å². The molecule has 7 nitrogen and oxygen atoms in total. The van der Waals surface area contributed by atoms with Crippen LogP contribution in [0.5, 0.6) is 0 Å². The van der Waals surface area contributed by atoms with E-state index in [0.29, 0.717) is 32.0 Å². The lowest BCUT2D eigenvalue weighted by Gasteiger charge is -2.33. The number of carbonyl (C=O) groups is 2. The fraction of sp³-hybridized carbons (Fsp3) is 0.889. The Kier molecular flexibility index (Phi) is 9.82. The summed E-state index contributed by atoms with van der Waals surface area (Å²) in [6.45, 7) is 8.49. The molecule has 1 aliphatic heterocycles. The third-order valence-corrected chi connectivity index (χ3v) is 3.98. The highest BCUT2D eigenvalue weighted by Gasteiger charge is 2.35. The summed E-state index contributed by atoms with van der Waals surface area (Å²) in [7, 11) is 0. The molecule has 2 N–H and O–H groups in total. The van der Waals surface area contributed by atoms with E-state index in [9.17, 15) is 9.59 Å². The smallest absolute Gasteiger partial charge is 0.459 e. The Bertz CT molecular complexity index is 414. The lowest BCUT2D eigenvalue weighted by molar-refractivity contribution is -0.168. The van der Waals surface area contributed by atoms with Gasteiger partial charge in [0.05, 0.1) is 6.61 Å². The van der Waals surface area contributed by atoms with Crippen molar-refractivity contribution < 1.29 is 28.5 Å². The summed E-state index contributed by atoms with van der Waals surface area (Å²) < 4.78 is 21.9. The molecule has 0 saturated carbocycles. The molecule has 0 spiro atoms. The molecule has 1 fully saturated rings. The Labute approximate surface area is 150 Å². The summed E-state index contributed by atoms with van der Waals surface area (Å²) >= 11 is 0. The molecule has 0 bridgehead atoms. The van der Waals surface area contributed by atoms with Crippen LogP contribution in [-0.4, -0.2) is 49.7 Å². The predicted octanol–water partition coefficient (Wildman–Crippen LogP) is 2.79. The molecule has 1 rings (SSSR count). The van der Waals surface area contributed by atoms with E-state index in [1.54, 1.807) is 6.92 Å². The van der Waals surface area contributed by atoms with Crippen LogP contribution in [0.2, 0.25) is 0 Å². The monoisotopic (exact) mass is 359 g/mol. The van der Waals surface area contributed by atoms with Crippen molar-refractivity contribution in [2.75, 3.05) is 13.2 Å². The van der Waals surface area contributed by atoms with Crippen molar-refractivity contribution in [1.29, 1.82) is 0 Å². The molecule has 0 unspecified atom stereocenters. The van der Waals surface area contributed by atoms with Gasteiger partial charge < -0.3 is 24.7 Å². The molecule has 0 aromatic carbocycles. The fourth-order valence-electron chi connectivity index (χ4n) is 2.65. The van der Waals surface area contributed by atoms with Crippen molar-refractivity contribution in [2.24, 2.45) is 11.7 Å². The van der Waals surface area contributed by atoms with E-state index in [1.165, 1.54) is 0 Å². The SMILES string of the molecule is CCCOC(=O)O[C@H]1CCCC[C@H](N)C(=O)O[C@@H](C)[C@@H]1OCC(C)C. The van der Waals surface area contributed by atoms with E-state index in [0.717, 1.165) is 19.3 Å². The second-order valence-corrected chi connectivity index (χ2v) is 6.98. The zero-order valence-electron chi connectivity index (χ0n) is 15.9. The van der Waals surface area contributed by atoms with E-state index in [2.05, 4.69) is 0 Å². The zero-order valence-corrected chi connectivity index (χ0v) is 15.9. The van der Waals surface area contributed by atoms with Crippen LogP contribution in [0.25, 0.3) is 0 Å². The molecule has 0 aromatic rings. The minimum atomic E-state index is -0.711. The van der Waals surface area contributed by atoms with Crippen molar-refractivity contribution >= 4 is 12.1 Å². The summed E-state index contributed by atoms with van der Waals surface area (Å²) in [6, 6.07) is -0.625. The Hall–Kier alpha value is -1.34. The standard InChI is InChI=1S/C18H33NO6/c1-5-10-22-18(21)25-15-9-7-6-8-14(19)17(20)24-13(4)16(15)23-11-12(2)3/h12-16H,5-11,19H2,1-4H3/t13-,14-,15-,16-/m0/s1. The quantitative estimate of drug-likeness (QED) is 0.728. The molecule has 0 aromatic heterocycles. The van der Waals surface area contributed by atoms with Crippen molar-refractivity contribution in [3.8, 4) is 0 Å². The Morgan fingerprint density at radius 3 is 2.64 bits per heavy atom. The van der Waals surface area contributed by atoms with Crippen LogP contribution in [0.15, 0.2) is 0 Å². The van der Waals surface area contributed by atoms with E-state index in [4.69, 9.17) is 24.7 Å². The van der Waals surface area contributed by atoms with Crippen molar-refractivity contribution in [2.45, 2.75) is 84.2 Å². The van der Waals surface area contributed by atoms with Crippen LogP contribution in [-0.2, 0) is 23.7 Å². The third-order valence-electron chi connectivity index (χ3n) is 3.98. The maximum Gasteiger partial charge on any atom is 0.508 e. The van der Waals surface area contributed by atoms with Gasteiger partial charge in [0.2, 0.25) is 0 Å². The molecule has 1 aliphatic rings. The maximum absolute atomic E-state index is 12.1. The number of ether oxygens (including phenoxy) is 4. The van der Waals surface area contributed by atoms with Crippen LogP contribution in [0, 0.1) is 5.92 Å². The summed E-state index contributed by atoms with van der Waals surface area (Å²) in [4.78, 5) is 24.0. The van der Waals surface area contributed by atoms with E-state index < -0.39 is 36.5 Å². The van der Waals surface area contributed by atoms with Gasteiger partial charge in [-0.3, -0.25) is 4.79 Å². The number of hydrogen-bond acceptors (Lipinski definition) is 7. The molecular weight excluding hydrogens is 326 g/mol. The largest absolute Gasteiger partial charge is 0.508 e. The van der Waals surface area contributed by atoms with Crippen molar-refractivity contribution in [3.05, 3.63) is 0 Å². The first-order valence-corrected chi connectivity index (χ1v) is 9.26. The number of nitrogens with two attached hydrogens (primary N) is 1. The lowest BCUT2D eigenvalue weighted by atomic mass is 9.99. The van der Waals surface area contributed by atoms with E-state index in [1.807, 2.05) is 20.8 Å². The molecule has 25 heavy (non-hydrogen) atoms. The highest BCUT2D eigenvalue weighted by molar-refractivity contribution is 5.75. The van der Waals surface area contributed by atoms with Crippen LogP contribution in [0.3, 0.4) is 0 Å². The average molecular weight is 359 g/mol. The van der Waals surface area contributed by atoms with Gasteiger partial charge in [0, 0.05) is 6.61 Å². The van der Waals surface area contributed by atoms with Crippen molar-refractivity contribution in [3.63, 3.8) is 0 Å². The summed E-state index contributed by atoms with van der Waals surface area (Å²) in [5.74, 6) is -0.145. The predicted molar refractivity (Wildman–Crippen MR) is 93.1 cm³/mol. The molecule has 7 heteroatoms. The normalized spacial score (nSPS) is 28.3. The highest BCUT2D eigenvalue weighted by Crippen LogP contribution is 2.22. The highest BCUT2D eigenvalue weighted by atomic mass is 16.7. The Morgan fingerprint density at radius 2 is 2.00 bits per heavy atom. The molecule has 4 atom stereocenters. The zero-order chi connectivity index (χ0) is 18.8. The summed E-state index contributed by atoms with van der Waals surface area (Å²) in [5.41, 5.74) is 5.85. The molecule has 0 amide bonds. The van der Waals surface area contributed by atoms with Gasteiger partial charge in [-0.15, -0.1) is 0 Å². The van der Waals surface area contributed by atoms with Gasteiger partial charge in [-0.05, 0) is 38.5 Å². The Morgan fingerprint density at radius 1 is 1.32 bits per heavy atom. The van der Waals surface area contributed by atoms with Gasteiger partial charge in [0.1, 0.15) is 24.4 Å². The van der Waals surface area contributed by atoms with Gasteiger partial charge >= 0.3 is 12.1 Å². The van der Waals surface area contributed by atoms with Gasteiger partial charge in [-0.2, -0.15) is 0 Å². The molecule has 146 valence electrons. The topological polar surface area (TPSA) is 97.1 Å². The first-order chi connectivity index (χ1) is 11.8. The number of esters is 1. The summed E-state index contributed by atoms with van der Waals surface area (Å²) in [5, 5.41) is 0. The van der Waals surface area contributed by atoms with Crippen LogP contribution in [0.4, 0.5) is 4.79 Å². The van der Waals surface area contributed by atoms with E-state index >= 15 is 0 Å². The minimum Gasteiger partial charge on any atom is -0.459 e. The van der Waals surface area contributed by atoms with Gasteiger partial charge in [0.15, 0.2) is 0 Å². The maximum atomic E-state index is 12.1. The fourth-order valence-corrected chi connectivity index (χ4v) is 2.65. The van der Waals surface area contributed by atoms with Gasteiger partial charge in [-0.25, -0.2) is 4.79 Å². The van der Waals surface area contributed by atoms with Crippen LogP contribution < -0.4 is 5.73 Å². The molecular formula is C18H33NO6. The Balaban J connectivity index is 2.86. The van der Waals surface area contributed by atoms with Gasteiger partial charge in [-0.1, -0.05) is 27.2 Å². The molecule has 1 heterocycles. The lowest BCUT2D eigenvalue weighted by Crippen LogP contribution is -2.46. The molecule has 0 radical (unpaired) electrons. The first-order valence-electron chi connectivity index (χ1n) is 9.26. The first kappa shape index (κ1) is 21.7. The number of hydrogen-bond donors (Lipinski definition) is 1. The second kappa shape index (κ2) is 11.3. The summed E-state index contributed by atoms with van der Waals surface area (Å²) in [6.07, 6.45) is 1.06. The average Bonchev–Trinajstić information content (AvgIpc) is 2.55. The van der Waals surface area contributed by atoms with Gasteiger partial charge in [0.25, 0.3) is 0 Å². The molecule has 0 aliphatic carbocycles. The number of carbonyl (C=O) groups excluding carboxylic acids is 2. The molecule has 1 saturated heterocycles. The number of rotatable bonds is 6. The second-order valence-electron chi connectivity index (χ2n) is 6.98. The third kappa shape index (κ3) is 8.05. The number of cyclic esters (lactones) is 1.